The average Bonchev–Trinajstić information content (AvgIpc) is 2.46. The second kappa shape index (κ2) is 6.06. The number of carboxylic acid groups (broad SMARTS) is 1. The normalized spacial score (nSPS) is 29.1. The van der Waals surface area contributed by atoms with Crippen LogP contribution in [0.4, 0.5) is 0 Å². The third-order valence-electron chi connectivity index (χ3n) is 4.66. The van der Waals surface area contributed by atoms with Crippen LogP contribution < -0.4 is 4.74 Å². The van der Waals surface area contributed by atoms with E-state index < -0.39 is 11.4 Å². The molecule has 0 unspecified atom stereocenters. The predicted molar refractivity (Wildman–Crippen MR) is 80.8 cm³/mol. The summed E-state index contributed by atoms with van der Waals surface area (Å²) in [6.45, 7) is 4.73. The molecular weight excluding hydrogens is 268 g/mol. The average molecular weight is 292 g/mol. The first-order valence-electron chi connectivity index (χ1n) is 7.44. The van der Waals surface area contributed by atoms with E-state index in [2.05, 4.69) is 13.8 Å². The lowest BCUT2D eigenvalue weighted by atomic mass is 9.66. The highest BCUT2D eigenvalue weighted by molar-refractivity contribution is 5.69. The van der Waals surface area contributed by atoms with Crippen molar-refractivity contribution in [1.82, 2.24) is 0 Å². The summed E-state index contributed by atoms with van der Waals surface area (Å²) >= 11 is 0. The molecule has 2 rings (SSSR count). The number of carboxylic acids is 1. The van der Waals surface area contributed by atoms with Crippen molar-refractivity contribution in [3.05, 3.63) is 29.8 Å². The summed E-state index contributed by atoms with van der Waals surface area (Å²) < 4.78 is 11.4. The first kappa shape index (κ1) is 15.8. The molecule has 4 nitrogen and oxygen atoms in total. The smallest absolute Gasteiger partial charge is 0.304 e. The van der Waals surface area contributed by atoms with Crippen molar-refractivity contribution in [2.75, 3.05) is 13.7 Å². The minimum absolute atomic E-state index is 0.103. The number of carbonyl (C=O) groups is 1. The Labute approximate surface area is 126 Å². The van der Waals surface area contributed by atoms with E-state index in [1.165, 1.54) is 0 Å². The molecule has 0 saturated carbocycles. The Bertz CT molecular complexity index is 513. The fourth-order valence-corrected chi connectivity index (χ4v) is 3.42. The Balaban J connectivity index is 2.49. The number of benzene rings is 1. The van der Waals surface area contributed by atoms with Gasteiger partial charge in [0.25, 0.3) is 0 Å². The van der Waals surface area contributed by atoms with Crippen molar-refractivity contribution in [1.29, 1.82) is 0 Å². The maximum atomic E-state index is 11.5. The van der Waals surface area contributed by atoms with E-state index in [0.717, 1.165) is 17.7 Å². The van der Waals surface area contributed by atoms with Crippen LogP contribution in [0.15, 0.2) is 24.3 Å². The zero-order valence-corrected chi connectivity index (χ0v) is 13.0. The van der Waals surface area contributed by atoms with E-state index in [1.807, 2.05) is 24.3 Å². The van der Waals surface area contributed by atoms with Crippen LogP contribution in [0, 0.1) is 0 Å². The monoisotopic (exact) mass is 292 g/mol. The number of aliphatic carboxylic acids is 1. The van der Waals surface area contributed by atoms with Crippen LogP contribution in [0.3, 0.4) is 0 Å². The van der Waals surface area contributed by atoms with E-state index in [9.17, 15) is 9.90 Å². The molecule has 1 heterocycles. The summed E-state index contributed by atoms with van der Waals surface area (Å²) in [5.41, 5.74) is 0.272. The second-order valence-electron chi connectivity index (χ2n) is 6.13. The molecular formula is C17H24O4. The van der Waals surface area contributed by atoms with Crippen molar-refractivity contribution < 1.29 is 19.4 Å². The van der Waals surface area contributed by atoms with Gasteiger partial charge in [0.2, 0.25) is 0 Å². The Morgan fingerprint density at radius 3 is 2.76 bits per heavy atom. The minimum Gasteiger partial charge on any atom is -0.496 e. The quantitative estimate of drug-likeness (QED) is 0.904. The first-order valence-corrected chi connectivity index (χ1v) is 7.44. The Kier molecular flexibility index (Phi) is 4.57. The van der Waals surface area contributed by atoms with Gasteiger partial charge in [0.15, 0.2) is 0 Å². The van der Waals surface area contributed by atoms with Crippen LogP contribution in [0.1, 0.15) is 45.1 Å². The van der Waals surface area contributed by atoms with Gasteiger partial charge >= 0.3 is 5.97 Å². The standard InChI is InChI=1S/C17H24O4/c1-4-16(2)12-17(9-10-21-16,11-15(18)19)13-7-5-6-8-14(13)20-3/h5-8H,4,9-12H2,1-3H3,(H,18,19)/t16-,17+/m0/s1. The molecule has 1 aliphatic heterocycles. The maximum Gasteiger partial charge on any atom is 0.304 e. The SMILES string of the molecule is CC[C@@]1(C)C[C@@](CC(=O)O)(c2ccccc2OC)CCO1. The van der Waals surface area contributed by atoms with E-state index in [1.54, 1.807) is 7.11 Å². The van der Waals surface area contributed by atoms with Crippen molar-refractivity contribution in [3.8, 4) is 5.75 Å². The van der Waals surface area contributed by atoms with E-state index in [-0.39, 0.29) is 12.0 Å². The molecule has 0 radical (unpaired) electrons. The number of ether oxygens (including phenoxy) is 2. The predicted octanol–water partition coefficient (Wildman–Crippen LogP) is 3.39. The molecule has 0 aromatic heterocycles. The van der Waals surface area contributed by atoms with Gasteiger partial charge in [0, 0.05) is 17.6 Å². The van der Waals surface area contributed by atoms with Crippen LogP contribution in [0.25, 0.3) is 0 Å². The van der Waals surface area contributed by atoms with E-state index in [0.29, 0.717) is 19.4 Å². The number of hydrogen-bond acceptors (Lipinski definition) is 3. The molecule has 1 aliphatic rings. The lowest BCUT2D eigenvalue weighted by Crippen LogP contribution is -2.46. The summed E-state index contributed by atoms with van der Waals surface area (Å²) in [6, 6.07) is 7.75. The summed E-state index contributed by atoms with van der Waals surface area (Å²) in [7, 11) is 1.63. The Morgan fingerprint density at radius 2 is 2.14 bits per heavy atom. The van der Waals surface area contributed by atoms with Gasteiger partial charge in [-0.15, -0.1) is 0 Å². The molecule has 116 valence electrons. The van der Waals surface area contributed by atoms with Gasteiger partial charge in [-0.2, -0.15) is 0 Å². The molecule has 0 spiro atoms. The van der Waals surface area contributed by atoms with Gasteiger partial charge in [0.05, 0.1) is 19.1 Å². The van der Waals surface area contributed by atoms with Crippen LogP contribution >= 0.6 is 0 Å². The van der Waals surface area contributed by atoms with Crippen LogP contribution in [0.2, 0.25) is 0 Å². The lowest BCUT2D eigenvalue weighted by Gasteiger charge is -2.46. The van der Waals surface area contributed by atoms with Gasteiger partial charge in [-0.3, -0.25) is 4.79 Å². The fraction of sp³-hybridized carbons (Fsp3) is 0.588. The van der Waals surface area contributed by atoms with Gasteiger partial charge in [-0.05, 0) is 32.3 Å². The number of methoxy groups -OCH3 is 1. The van der Waals surface area contributed by atoms with Crippen molar-refractivity contribution in [2.24, 2.45) is 0 Å². The van der Waals surface area contributed by atoms with Gasteiger partial charge < -0.3 is 14.6 Å². The van der Waals surface area contributed by atoms with Crippen molar-refractivity contribution in [3.63, 3.8) is 0 Å². The van der Waals surface area contributed by atoms with Crippen LogP contribution in [-0.2, 0) is 14.9 Å². The molecule has 1 fully saturated rings. The molecule has 0 aliphatic carbocycles. The van der Waals surface area contributed by atoms with E-state index in [4.69, 9.17) is 9.47 Å². The molecule has 21 heavy (non-hydrogen) atoms. The molecule has 4 heteroatoms. The zero-order chi connectivity index (χ0) is 15.5. The van der Waals surface area contributed by atoms with E-state index >= 15 is 0 Å². The van der Waals surface area contributed by atoms with Gasteiger partial charge in [-0.25, -0.2) is 0 Å². The molecule has 0 bridgehead atoms. The molecule has 2 atom stereocenters. The molecule has 1 aromatic rings. The summed E-state index contributed by atoms with van der Waals surface area (Å²) in [4.78, 5) is 11.5. The number of hydrogen-bond donors (Lipinski definition) is 1. The minimum atomic E-state index is -0.777. The third kappa shape index (κ3) is 3.21. The third-order valence-corrected chi connectivity index (χ3v) is 4.66. The first-order chi connectivity index (χ1) is 9.95. The second-order valence-corrected chi connectivity index (χ2v) is 6.13. The molecule has 1 N–H and O–H groups in total. The highest BCUT2D eigenvalue weighted by Gasteiger charge is 2.46. The summed E-state index contributed by atoms with van der Waals surface area (Å²) in [6.07, 6.45) is 2.37. The van der Waals surface area contributed by atoms with Crippen molar-refractivity contribution >= 4 is 5.97 Å². The lowest BCUT2D eigenvalue weighted by molar-refractivity contribution is -0.143. The Hall–Kier alpha value is -1.55. The Morgan fingerprint density at radius 1 is 1.43 bits per heavy atom. The molecule has 0 amide bonds. The van der Waals surface area contributed by atoms with Crippen molar-refractivity contribution in [2.45, 2.75) is 50.5 Å². The number of rotatable bonds is 5. The summed E-state index contributed by atoms with van der Waals surface area (Å²) in [5, 5.41) is 9.42. The largest absolute Gasteiger partial charge is 0.496 e. The van der Waals surface area contributed by atoms with Gasteiger partial charge in [0.1, 0.15) is 5.75 Å². The summed E-state index contributed by atoms with van der Waals surface area (Å²) in [5.74, 6) is -0.0136. The zero-order valence-electron chi connectivity index (χ0n) is 13.0. The molecule has 1 saturated heterocycles. The fourth-order valence-electron chi connectivity index (χ4n) is 3.42. The van der Waals surface area contributed by atoms with Gasteiger partial charge in [-0.1, -0.05) is 25.1 Å². The highest BCUT2D eigenvalue weighted by Crippen LogP contribution is 2.47. The van der Waals surface area contributed by atoms with Crippen LogP contribution in [0.5, 0.6) is 5.75 Å². The molecule has 1 aromatic carbocycles. The number of para-hydroxylation sites is 1. The van der Waals surface area contributed by atoms with Crippen LogP contribution in [-0.4, -0.2) is 30.4 Å². The highest BCUT2D eigenvalue weighted by atomic mass is 16.5. The topological polar surface area (TPSA) is 55.8 Å². The maximum absolute atomic E-state index is 11.5.